The van der Waals surface area contributed by atoms with Crippen molar-refractivity contribution in [3.63, 3.8) is 0 Å². The first-order valence-electron chi connectivity index (χ1n) is 5.15. The van der Waals surface area contributed by atoms with E-state index in [0.29, 0.717) is 33.8 Å². The lowest BCUT2D eigenvalue weighted by Gasteiger charge is -2.13. The van der Waals surface area contributed by atoms with Crippen molar-refractivity contribution in [2.24, 2.45) is 5.73 Å². The minimum absolute atomic E-state index is 0.302. The molecule has 0 aliphatic rings. The maximum Gasteiger partial charge on any atom is 0.241 e. The van der Waals surface area contributed by atoms with E-state index in [1.165, 1.54) is 12.1 Å². The number of methoxy groups -OCH3 is 1. The summed E-state index contributed by atoms with van der Waals surface area (Å²) in [5.41, 5.74) is 6.05. The average Bonchev–Trinajstić information content (AvgIpc) is 2.32. The van der Waals surface area contributed by atoms with Crippen molar-refractivity contribution in [3.8, 4) is 0 Å². The number of carbonyl (C=O) groups excluding carboxylic acids is 1. The maximum absolute atomic E-state index is 11.7. The Balaban J connectivity index is 2.72. The van der Waals surface area contributed by atoms with E-state index in [9.17, 15) is 4.79 Å². The molecule has 4 nitrogen and oxygen atoms in total. The van der Waals surface area contributed by atoms with E-state index in [2.05, 4.69) is 5.32 Å². The van der Waals surface area contributed by atoms with Crippen LogP contribution in [-0.2, 0) is 9.53 Å². The van der Waals surface area contributed by atoms with Crippen LogP contribution in [0.3, 0.4) is 0 Å². The molecule has 0 saturated heterocycles. The van der Waals surface area contributed by atoms with Crippen molar-refractivity contribution in [3.05, 3.63) is 27.2 Å². The highest BCUT2D eigenvalue weighted by Gasteiger charge is 2.15. The van der Waals surface area contributed by atoms with Crippen LogP contribution < -0.4 is 11.1 Å². The number of rotatable bonds is 5. The van der Waals surface area contributed by atoms with E-state index in [1.54, 1.807) is 7.11 Å². The van der Waals surface area contributed by atoms with Crippen LogP contribution >= 0.6 is 34.8 Å². The summed E-state index contributed by atoms with van der Waals surface area (Å²) in [6.45, 7) is 0.406. The third-order valence-electron chi connectivity index (χ3n) is 2.24. The van der Waals surface area contributed by atoms with Gasteiger partial charge >= 0.3 is 0 Å². The molecule has 1 aromatic rings. The summed E-state index contributed by atoms with van der Waals surface area (Å²) >= 11 is 17.6. The van der Waals surface area contributed by atoms with Crippen LogP contribution in [0.5, 0.6) is 0 Å². The Bertz CT molecular complexity index is 441. The van der Waals surface area contributed by atoms with Gasteiger partial charge in [0.05, 0.1) is 26.8 Å². The van der Waals surface area contributed by atoms with E-state index >= 15 is 0 Å². The van der Waals surface area contributed by atoms with Crippen LogP contribution in [0.2, 0.25) is 15.1 Å². The third kappa shape index (κ3) is 4.30. The Hall–Kier alpha value is -0.520. The summed E-state index contributed by atoms with van der Waals surface area (Å²) < 4.78 is 4.85. The fourth-order valence-corrected chi connectivity index (χ4v) is 1.81. The zero-order chi connectivity index (χ0) is 13.7. The van der Waals surface area contributed by atoms with E-state index in [0.717, 1.165) is 0 Å². The van der Waals surface area contributed by atoms with Gasteiger partial charge in [-0.25, -0.2) is 0 Å². The normalized spacial score (nSPS) is 12.3. The monoisotopic (exact) mass is 310 g/mol. The first-order chi connectivity index (χ1) is 8.45. The highest BCUT2D eigenvalue weighted by molar-refractivity contribution is 6.44. The van der Waals surface area contributed by atoms with Crippen molar-refractivity contribution >= 4 is 46.4 Å². The molecule has 1 atom stereocenters. The van der Waals surface area contributed by atoms with Crippen LogP contribution in [-0.4, -0.2) is 25.7 Å². The van der Waals surface area contributed by atoms with Gasteiger partial charge in [0.1, 0.15) is 0 Å². The zero-order valence-corrected chi connectivity index (χ0v) is 11.9. The van der Waals surface area contributed by atoms with Crippen LogP contribution in [0, 0.1) is 0 Å². The summed E-state index contributed by atoms with van der Waals surface area (Å²) in [6, 6.07) is 2.27. The minimum Gasteiger partial charge on any atom is -0.385 e. The van der Waals surface area contributed by atoms with Gasteiger partial charge in [-0.2, -0.15) is 0 Å². The summed E-state index contributed by atoms with van der Waals surface area (Å²) in [5, 5.41) is 3.52. The minimum atomic E-state index is -0.671. The van der Waals surface area contributed by atoms with E-state index in [1.807, 2.05) is 0 Å². The molecule has 0 bridgehead atoms. The van der Waals surface area contributed by atoms with Crippen LogP contribution in [0.25, 0.3) is 0 Å². The highest BCUT2D eigenvalue weighted by Crippen LogP contribution is 2.32. The second kappa shape index (κ2) is 7.16. The van der Waals surface area contributed by atoms with Gasteiger partial charge in [0.25, 0.3) is 0 Å². The number of benzene rings is 1. The molecule has 100 valence electrons. The number of nitrogens with one attached hydrogen (secondary N) is 1. The van der Waals surface area contributed by atoms with Crippen molar-refractivity contribution in [1.82, 2.24) is 0 Å². The van der Waals surface area contributed by atoms with E-state index in [4.69, 9.17) is 45.3 Å². The number of ether oxygens (including phenoxy) is 1. The molecule has 0 aliphatic heterocycles. The Morgan fingerprint density at radius 3 is 2.56 bits per heavy atom. The Kier molecular flexibility index (Phi) is 6.18. The summed E-state index contributed by atoms with van der Waals surface area (Å²) in [6.07, 6.45) is 0.418. The molecule has 0 heterocycles. The maximum atomic E-state index is 11.7. The van der Waals surface area contributed by atoms with E-state index < -0.39 is 6.04 Å². The molecule has 0 aliphatic carbocycles. The number of carbonyl (C=O) groups is 1. The lowest BCUT2D eigenvalue weighted by atomic mass is 10.2. The fraction of sp³-hybridized carbons (Fsp3) is 0.364. The lowest BCUT2D eigenvalue weighted by molar-refractivity contribution is -0.117. The Morgan fingerprint density at radius 2 is 1.94 bits per heavy atom. The predicted molar refractivity (Wildman–Crippen MR) is 74.6 cm³/mol. The smallest absolute Gasteiger partial charge is 0.241 e. The molecule has 3 N–H and O–H groups in total. The number of nitrogens with two attached hydrogens (primary N) is 1. The van der Waals surface area contributed by atoms with Gasteiger partial charge in [-0.05, 0) is 18.6 Å². The van der Waals surface area contributed by atoms with Crippen LogP contribution in [0.4, 0.5) is 5.69 Å². The molecule has 0 aromatic heterocycles. The Labute approximate surface area is 120 Å². The molecule has 18 heavy (non-hydrogen) atoms. The number of hydrogen-bond donors (Lipinski definition) is 2. The molecule has 0 radical (unpaired) electrons. The molecular weight excluding hydrogens is 298 g/mol. The quantitative estimate of drug-likeness (QED) is 0.822. The number of hydrogen-bond acceptors (Lipinski definition) is 3. The number of halogens is 3. The first-order valence-corrected chi connectivity index (χ1v) is 6.29. The molecule has 1 rings (SSSR count). The standard InChI is InChI=1S/C11H13Cl3N2O2/c1-18-3-2-9(15)11(17)16-10-5-7(13)6(12)4-8(10)14/h4-5,9H,2-3,15H2,1H3,(H,16,17). The van der Waals surface area contributed by atoms with Gasteiger partial charge in [0.15, 0.2) is 0 Å². The fourth-order valence-electron chi connectivity index (χ4n) is 1.22. The van der Waals surface area contributed by atoms with Crippen LogP contribution in [0.1, 0.15) is 6.42 Å². The van der Waals surface area contributed by atoms with Crippen molar-refractivity contribution in [2.75, 3.05) is 19.0 Å². The van der Waals surface area contributed by atoms with Crippen molar-refractivity contribution in [2.45, 2.75) is 12.5 Å². The van der Waals surface area contributed by atoms with Gasteiger partial charge in [0.2, 0.25) is 5.91 Å². The summed E-state index contributed by atoms with van der Waals surface area (Å²) in [7, 11) is 1.54. The van der Waals surface area contributed by atoms with Crippen molar-refractivity contribution < 1.29 is 9.53 Å². The average molecular weight is 312 g/mol. The summed E-state index contributed by atoms with van der Waals surface area (Å²) in [4.78, 5) is 11.7. The lowest BCUT2D eigenvalue weighted by Crippen LogP contribution is -2.36. The van der Waals surface area contributed by atoms with Crippen molar-refractivity contribution in [1.29, 1.82) is 0 Å². The largest absolute Gasteiger partial charge is 0.385 e. The first kappa shape index (κ1) is 15.5. The molecular formula is C11H13Cl3N2O2. The molecule has 1 aromatic carbocycles. The molecule has 7 heteroatoms. The topological polar surface area (TPSA) is 64.3 Å². The SMILES string of the molecule is COCCC(N)C(=O)Nc1cc(Cl)c(Cl)cc1Cl. The van der Waals surface area contributed by atoms with Gasteiger partial charge in [-0.1, -0.05) is 34.8 Å². The van der Waals surface area contributed by atoms with Gasteiger partial charge in [0, 0.05) is 13.7 Å². The molecule has 1 amide bonds. The molecule has 0 saturated carbocycles. The highest BCUT2D eigenvalue weighted by atomic mass is 35.5. The molecule has 1 unspecified atom stereocenters. The zero-order valence-electron chi connectivity index (χ0n) is 9.67. The van der Waals surface area contributed by atoms with Gasteiger partial charge < -0.3 is 15.8 Å². The predicted octanol–water partition coefficient (Wildman–Crippen LogP) is 2.95. The molecule has 0 fully saturated rings. The van der Waals surface area contributed by atoms with Gasteiger partial charge in [-0.3, -0.25) is 4.79 Å². The number of anilines is 1. The van der Waals surface area contributed by atoms with E-state index in [-0.39, 0.29) is 5.91 Å². The summed E-state index contributed by atoms with van der Waals surface area (Å²) in [5.74, 6) is -0.354. The second-order valence-electron chi connectivity index (χ2n) is 3.62. The third-order valence-corrected chi connectivity index (χ3v) is 3.27. The van der Waals surface area contributed by atoms with Crippen LogP contribution in [0.15, 0.2) is 12.1 Å². The number of amides is 1. The second-order valence-corrected chi connectivity index (χ2v) is 4.84. The van der Waals surface area contributed by atoms with Gasteiger partial charge in [-0.15, -0.1) is 0 Å². The Morgan fingerprint density at radius 1 is 1.33 bits per heavy atom. The molecule has 0 spiro atoms.